The lowest BCUT2D eigenvalue weighted by molar-refractivity contribution is 0.0788. The fourth-order valence-electron chi connectivity index (χ4n) is 3.73. The zero-order chi connectivity index (χ0) is 19.9. The molecule has 0 aliphatic carbocycles. The van der Waals surface area contributed by atoms with Gasteiger partial charge in [-0.1, -0.05) is 6.07 Å². The highest BCUT2D eigenvalue weighted by atomic mass is 32.2. The molecule has 0 bridgehead atoms. The van der Waals surface area contributed by atoms with Gasteiger partial charge in [-0.2, -0.15) is 0 Å². The van der Waals surface area contributed by atoms with E-state index in [0.717, 1.165) is 18.4 Å². The van der Waals surface area contributed by atoms with E-state index in [0.29, 0.717) is 36.0 Å². The Morgan fingerprint density at radius 1 is 1.14 bits per heavy atom. The molecule has 0 unspecified atom stereocenters. The highest BCUT2D eigenvalue weighted by Gasteiger charge is 2.32. The average Bonchev–Trinajstić information content (AvgIpc) is 3.39. The summed E-state index contributed by atoms with van der Waals surface area (Å²) in [6.07, 6.45) is 1.89. The van der Waals surface area contributed by atoms with Crippen LogP contribution in [0.3, 0.4) is 0 Å². The summed E-state index contributed by atoms with van der Waals surface area (Å²) in [7, 11) is -3.89. The lowest BCUT2D eigenvalue weighted by atomic mass is 10.2. The van der Waals surface area contributed by atoms with Gasteiger partial charge in [-0.05, 0) is 44.4 Å². The summed E-state index contributed by atoms with van der Waals surface area (Å²) in [4.78, 5) is 17.7. The van der Waals surface area contributed by atoms with Gasteiger partial charge >= 0.3 is 0 Å². The van der Waals surface area contributed by atoms with E-state index in [1.165, 1.54) is 0 Å². The van der Waals surface area contributed by atoms with Crippen molar-refractivity contribution in [1.82, 2.24) is 14.6 Å². The maximum absolute atomic E-state index is 13.1. The second kappa shape index (κ2) is 7.14. The molecule has 1 fully saturated rings. The summed E-state index contributed by atoms with van der Waals surface area (Å²) in [5.41, 5.74) is 2.00. The van der Waals surface area contributed by atoms with Gasteiger partial charge in [0.2, 0.25) is 16.8 Å². The second-order valence-corrected chi connectivity index (χ2v) is 8.79. The third-order valence-electron chi connectivity index (χ3n) is 5.10. The average molecular weight is 405 g/mol. The standard InChI is InChI=1S/C19H23N3O5S/c1-12-17(19(23)22-7-3-4-8-22)18(13(2)21-12)28(24,25)20-10-14-5-6-15-16(9-14)27-11-26-15/h5-6,9,20-21H,3-4,7-8,10-11H2,1-2H3. The Hall–Kier alpha value is -2.52. The van der Waals surface area contributed by atoms with Gasteiger partial charge < -0.3 is 19.4 Å². The molecule has 150 valence electrons. The van der Waals surface area contributed by atoms with E-state index >= 15 is 0 Å². The van der Waals surface area contributed by atoms with Crippen LogP contribution < -0.4 is 14.2 Å². The lowest BCUT2D eigenvalue weighted by Gasteiger charge is -2.17. The highest BCUT2D eigenvalue weighted by molar-refractivity contribution is 7.89. The first-order valence-corrected chi connectivity index (χ1v) is 10.7. The number of aromatic nitrogens is 1. The minimum Gasteiger partial charge on any atom is -0.454 e. The van der Waals surface area contributed by atoms with Crippen LogP contribution >= 0.6 is 0 Å². The molecular weight excluding hydrogens is 382 g/mol. The van der Waals surface area contributed by atoms with Crippen LogP contribution in [-0.4, -0.2) is 44.1 Å². The van der Waals surface area contributed by atoms with Crippen molar-refractivity contribution in [3.05, 3.63) is 40.7 Å². The molecule has 0 radical (unpaired) electrons. The minimum atomic E-state index is -3.89. The van der Waals surface area contributed by atoms with Gasteiger partial charge in [-0.25, -0.2) is 13.1 Å². The summed E-state index contributed by atoms with van der Waals surface area (Å²) in [5.74, 6) is 1.00. The molecule has 0 saturated carbocycles. The van der Waals surface area contributed by atoms with Crippen LogP contribution in [0, 0.1) is 13.8 Å². The van der Waals surface area contributed by atoms with Crippen molar-refractivity contribution < 1.29 is 22.7 Å². The van der Waals surface area contributed by atoms with E-state index in [9.17, 15) is 13.2 Å². The summed E-state index contributed by atoms with van der Waals surface area (Å²) in [6.45, 7) is 4.96. The summed E-state index contributed by atoms with van der Waals surface area (Å²) >= 11 is 0. The number of aromatic amines is 1. The van der Waals surface area contributed by atoms with Gasteiger partial charge in [0.1, 0.15) is 4.90 Å². The van der Waals surface area contributed by atoms with Crippen LogP contribution in [0.4, 0.5) is 0 Å². The number of aryl methyl sites for hydroxylation is 2. The zero-order valence-corrected chi connectivity index (χ0v) is 16.7. The number of hydrogen-bond donors (Lipinski definition) is 2. The zero-order valence-electron chi connectivity index (χ0n) is 15.9. The van der Waals surface area contributed by atoms with Crippen LogP contribution in [-0.2, 0) is 16.6 Å². The van der Waals surface area contributed by atoms with Crippen LogP contribution in [0.5, 0.6) is 11.5 Å². The number of fused-ring (bicyclic) bond motifs is 1. The molecule has 28 heavy (non-hydrogen) atoms. The van der Waals surface area contributed by atoms with E-state index in [4.69, 9.17) is 9.47 Å². The molecule has 8 nitrogen and oxygen atoms in total. The Balaban J connectivity index is 1.59. The monoisotopic (exact) mass is 405 g/mol. The maximum atomic E-state index is 13.1. The predicted octanol–water partition coefficient (Wildman–Crippen LogP) is 2.07. The number of nitrogens with zero attached hydrogens (tertiary/aromatic N) is 1. The molecule has 4 rings (SSSR count). The number of carbonyl (C=O) groups excluding carboxylic acids is 1. The second-order valence-electron chi connectivity index (χ2n) is 7.09. The van der Waals surface area contributed by atoms with Crippen molar-refractivity contribution >= 4 is 15.9 Å². The molecule has 1 amide bonds. The van der Waals surface area contributed by atoms with Gasteiger partial charge in [0.25, 0.3) is 5.91 Å². The predicted molar refractivity (Wildman–Crippen MR) is 102 cm³/mol. The number of sulfonamides is 1. The minimum absolute atomic E-state index is 0.0302. The van der Waals surface area contributed by atoms with Crippen LogP contribution in [0.25, 0.3) is 0 Å². The number of likely N-dealkylation sites (tertiary alicyclic amines) is 1. The fourth-order valence-corrected chi connectivity index (χ4v) is 5.20. The summed E-state index contributed by atoms with van der Waals surface area (Å²) in [5, 5.41) is 0. The molecule has 0 atom stereocenters. The normalized spacial score (nSPS) is 16.0. The number of nitrogens with one attached hydrogen (secondary N) is 2. The van der Waals surface area contributed by atoms with E-state index in [1.54, 1.807) is 36.9 Å². The quantitative estimate of drug-likeness (QED) is 0.793. The SMILES string of the molecule is Cc1[nH]c(C)c(S(=O)(=O)NCc2ccc3c(c2)OCO3)c1C(=O)N1CCCC1. The first-order chi connectivity index (χ1) is 13.4. The van der Waals surface area contributed by atoms with Gasteiger partial charge in [-0.3, -0.25) is 4.79 Å². The molecule has 1 saturated heterocycles. The van der Waals surface area contributed by atoms with E-state index < -0.39 is 10.0 Å². The van der Waals surface area contributed by atoms with Crippen molar-refractivity contribution in [3.8, 4) is 11.5 Å². The molecule has 2 N–H and O–H groups in total. The van der Waals surface area contributed by atoms with Crippen molar-refractivity contribution in [3.63, 3.8) is 0 Å². The largest absolute Gasteiger partial charge is 0.454 e. The number of hydrogen-bond acceptors (Lipinski definition) is 5. The molecule has 3 heterocycles. The van der Waals surface area contributed by atoms with Crippen molar-refractivity contribution in [1.29, 1.82) is 0 Å². The van der Waals surface area contributed by atoms with Gasteiger partial charge in [-0.15, -0.1) is 0 Å². The lowest BCUT2D eigenvalue weighted by Crippen LogP contribution is -2.31. The number of carbonyl (C=O) groups is 1. The Labute approximate surface area is 163 Å². The van der Waals surface area contributed by atoms with Crippen LogP contribution in [0.15, 0.2) is 23.1 Å². The van der Waals surface area contributed by atoms with Crippen LogP contribution in [0.1, 0.15) is 40.2 Å². The molecule has 1 aromatic heterocycles. The fraction of sp³-hybridized carbons (Fsp3) is 0.421. The Kier molecular flexibility index (Phi) is 4.80. The third-order valence-corrected chi connectivity index (χ3v) is 6.67. The molecule has 9 heteroatoms. The maximum Gasteiger partial charge on any atom is 0.257 e. The topological polar surface area (TPSA) is 101 Å². The highest BCUT2D eigenvalue weighted by Crippen LogP contribution is 2.33. The number of amides is 1. The van der Waals surface area contributed by atoms with E-state index in [1.807, 2.05) is 0 Å². The molecule has 2 aliphatic rings. The van der Waals surface area contributed by atoms with E-state index in [2.05, 4.69) is 9.71 Å². The smallest absolute Gasteiger partial charge is 0.257 e. The number of rotatable bonds is 5. The third kappa shape index (κ3) is 3.35. The van der Waals surface area contributed by atoms with Gasteiger partial charge in [0.05, 0.1) is 5.56 Å². The summed E-state index contributed by atoms with van der Waals surface area (Å²) in [6, 6.07) is 5.28. The first-order valence-electron chi connectivity index (χ1n) is 9.23. The van der Waals surface area contributed by atoms with Crippen molar-refractivity contribution in [2.45, 2.75) is 38.1 Å². The summed E-state index contributed by atoms with van der Waals surface area (Å²) < 4.78 is 39.3. The number of H-pyrrole nitrogens is 1. The Morgan fingerprint density at radius 2 is 1.86 bits per heavy atom. The molecule has 2 aliphatic heterocycles. The molecule has 2 aromatic rings. The first kappa shape index (κ1) is 18.8. The number of ether oxygens (including phenoxy) is 2. The van der Waals surface area contributed by atoms with E-state index in [-0.39, 0.29) is 29.7 Å². The molecule has 1 aromatic carbocycles. The Morgan fingerprint density at radius 3 is 2.61 bits per heavy atom. The van der Waals surface area contributed by atoms with Crippen molar-refractivity contribution in [2.24, 2.45) is 0 Å². The molecule has 0 spiro atoms. The number of benzene rings is 1. The van der Waals surface area contributed by atoms with Crippen LogP contribution in [0.2, 0.25) is 0 Å². The van der Waals surface area contributed by atoms with Crippen molar-refractivity contribution in [2.75, 3.05) is 19.9 Å². The molecular formula is C19H23N3O5S. The Bertz CT molecular complexity index is 1020. The van der Waals surface area contributed by atoms with Gasteiger partial charge in [0, 0.05) is 31.0 Å². The van der Waals surface area contributed by atoms with Gasteiger partial charge in [0.15, 0.2) is 11.5 Å².